The molecule has 5 rings (SSSR count). The van der Waals surface area contributed by atoms with Gasteiger partial charge < -0.3 is 20.3 Å². The molecule has 0 bridgehead atoms. The third-order valence-corrected chi connectivity index (χ3v) is 7.10. The van der Waals surface area contributed by atoms with E-state index in [9.17, 15) is 27.6 Å². The number of likely N-dealkylation sites (tertiary alicyclic amines) is 1. The molecule has 2 aliphatic rings. The van der Waals surface area contributed by atoms with Crippen LogP contribution in [0.5, 0.6) is 5.75 Å². The fourth-order valence-electron chi connectivity index (χ4n) is 4.50. The maximum Gasteiger partial charge on any atom is 0.573 e. The number of anilines is 3. The smallest absolute Gasteiger partial charge is 0.406 e. The molecule has 1 saturated heterocycles. The van der Waals surface area contributed by atoms with E-state index in [1.807, 2.05) is 0 Å². The summed E-state index contributed by atoms with van der Waals surface area (Å²) >= 11 is 1.09. The topological polar surface area (TPSA) is 104 Å². The third-order valence-electron chi connectivity index (χ3n) is 6.00. The van der Waals surface area contributed by atoms with Crippen molar-refractivity contribution in [2.24, 2.45) is 0 Å². The summed E-state index contributed by atoms with van der Waals surface area (Å²) in [6.45, 7) is 4.43. The van der Waals surface area contributed by atoms with Crippen molar-refractivity contribution >= 4 is 56.5 Å². The van der Waals surface area contributed by atoms with Gasteiger partial charge in [-0.3, -0.25) is 14.5 Å². The number of hydrogen-bond donors (Lipinski definition) is 2. The van der Waals surface area contributed by atoms with E-state index >= 15 is 0 Å². The molecular formula is C24H20F3N5O4S. The molecule has 1 fully saturated rings. The maximum absolute atomic E-state index is 13.2. The SMILES string of the molecule is C=CC(=O)N1CCCC(NC(=O)c2sc3nccc4c3c2NC(=O)N4c2cccc(OC(F)(F)F)c2)C1. The highest BCUT2D eigenvalue weighted by atomic mass is 32.1. The zero-order chi connectivity index (χ0) is 26.3. The number of aromatic nitrogens is 1. The number of rotatable bonds is 5. The number of thiophene rings is 1. The Morgan fingerprint density at radius 1 is 1.30 bits per heavy atom. The van der Waals surface area contributed by atoms with Crippen molar-refractivity contribution in [2.75, 3.05) is 23.3 Å². The first-order chi connectivity index (χ1) is 17.6. The van der Waals surface area contributed by atoms with Crippen molar-refractivity contribution in [3.8, 4) is 5.75 Å². The van der Waals surface area contributed by atoms with Gasteiger partial charge >= 0.3 is 12.4 Å². The lowest BCUT2D eigenvalue weighted by Gasteiger charge is -2.32. The van der Waals surface area contributed by atoms with Gasteiger partial charge in [0.1, 0.15) is 15.5 Å². The Morgan fingerprint density at radius 2 is 2.11 bits per heavy atom. The van der Waals surface area contributed by atoms with Gasteiger partial charge in [-0.05, 0) is 37.1 Å². The molecule has 4 amide bonds. The van der Waals surface area contributed by atoms with E-state index in [0.717, 1.165) is 29.9 Å². The average molecular weight is 532 g/mol. The van der Waals surface area contributed by atoms with Crippen LogP contribution < -0.4 is 20.3 Å². The van der Waals surface area contributed by atoms with E-state index in [4.69, 9.17) is 0 Å². The molecule has 9 nitrogen and oxygen atoms in total. The Balaban J connectivity index is 1.46. The minimum Gasteiger partial charge on any atom is -0.406 e. The standard InChI is InChI=1S/C24H20F3N5O4S/c1-2-17(33)31-10-4-5-13(12-31)29-21(34)20-19-18-16(8-9-28-22(18)37-20)32(23(35)30-19)14-6-3-7-15(11-14)36-24(25,26)27/h2-3,6-9,11,13H,1,4-5,10,12H2,(H,29,34)(H,30,35). The summed E-state index contributed by atoms with van der Waals surface area (Å²) in [6, 6.07) is 5.67. The first kappa shape index (κ1) is 24.6. The lowest BCUT2D eigenvalue weighted by Crippen LogP contribution is -2.49. The summed E-state index contributed by atoms with van der Waals surface area (Å²) in [5.74, 6) is -1.10. The van der Waals surface area contributed by atoms with Gasteiger partial charge in [-0.15, -0.1) is 24.5 Å². The molecule has 0 spiro atoms. The van der Waals surface area contributed by atoms with Crippen molar-refractivity contribution in [3.05, 3.63) is 54.1 Å². The molecule has 2 N–H and O–H groups in total. The second kappa shape index (κ2) is 9.39. The van der Waals surface area contributed by atoms with Crippen LogP contribution in [0.4, 0.5) is 35.0 Å². The quantitative estimate of drug-likeness (QED) is 0.461. The van der Waals surface area contributed by atoms with Crippen LogP contribution in [0.2, 0.25) is 0 Å². The zero-order valence-electron chi connectivity index (χ0n) is 19.2. The molecule has 1 aromatic carbocycles. The van der Waals surface area contributed by atoms with Crippen LogP contribution >= 0.6 is 11.3 Å². The average Bonchev–Trinajstić information content (AvgIpc) is 3.22. The van der Waals surface area contributed by atoms with Crippen LogP contribution in [-0.4, -0.2) is 53.2 Å². The molecule has 0 aliphatic carbocycles. The van der Waals surface area contributed by atoms with Crippen molar-refractivity contribution in [3.63, 3.8) is 0 Å². The number of hydrogen-bond acceptors (Lipinski definition) is 6. The van der Waals surface area contributed by atoms with E-state index < -0.39 is 24.1 Å². The molecule has 37 heavy (non-hydrogen) atoms. The maximum atomic E-state index is 13.2. The summed E-state index contributed by atoms with van der Waals surface area (Å²) < 4.78 is 42.1. The molecule has 2 aliphatic heterocycles. The predicted octanol–water partition coefficient (Wildman–Crippen LogP) is 4.79. The Labute approximate surface area is 212 Å². The van der Waals surface area contributed by atoms with Crippen molar-refractivity contribution < 1.29 is 32.3 Å². The normalized spacial score (nSPS) is 17.4. The van der Waals surface area contributed by atoms with Crippen LogP contribution in [-0.2, 0) is 4.79 Å². The molecule has 3 aromatic rings. The molecule has 1 atom stereocenters. The number of ether oxygens (including phenoxy) is 1. The summed E-state index contributed by atoms with van der Waals surface area (Å²) in [5, 5.41) is 6.13. The lowest BCUT2D eigenvalue weighted by molar-refractivity contribution is -0.274. The van der Waals surface area contributed by atoms with Gasteiger partial charge in [0.05, 0.1) is 22.4 Å². The number of alkyl halides is 3. The largest absolute Gasteiger partial charge is 0.573 e. The second-order valence-electron chi connectivity index (χ2n) is 8.43. The molecule has 1 unspecified atom stereocenters. The number of halogens is 3. The van der Waals surface area contributed by atoms with Crippen LogP contribution in [0, 0.1) is 0 Å². The van der Waals surface area contributed by atoms with Crippen LogP contribution in [0.15, 0.2) is 49.2 Å². The van der Waals surface area contributed by atoms with Crippen molar-refractivity contribution in [1.29, 1.82) is 0 Å². The van der Waals surface area contributed by atoms with Crippen LogP contribution in [0.3, 0.4) is 0 Å². The highest BCUT2D eigenvalue weighted by molar-refractivity contribution is 7.21. The summed E-state index contributed by atoms with van der Waals surface area (Å²) in [6.07, 6.45) is -0.782. The molecule has 0 saturated carbocycles. The fourth-order valence-corrected chi connectivity index (χ4v) is 5.52. The number of nitrogens with one attached hydrogen (secondary N) is 2. The Kier molecular flexibility index (Phi) is 6.23. The monoisotopic (exact) mass is 531 g/mol. The minimum absolute atomic E-state index is 0.142. The van der Waals surface area contributed by atoms with Gasteiger partial charge in [-0.2, -0.15) is 0 Å². The summed E-state index contributed by atoms with van der Waals surface area (Å²) in [5.41, 5.74) is 0.784. The number of amides is 4. The molecule has 13 heteroatoms. The number of nitrogens with zero attached hydrogens (tertiary/aromatic N) is 3. The molecule has 4 heterocycles. The fraction of sp³-hybridized carbons (Fsp3) is 0.250. The number of pyridine rings is 1. The summed E-state index contributed by atoms with van der Waals surface area (Å²) in [7, 11) is 0. The molecule has 192 valence electrons. The van der Waals surface area contributed by atoms with Crippen molar-refractivity contribution in [1.82, 2.24) is 15.2 Å². The highest BCUT2D eigenvalue weighted by Crippen LogP contribution is 2.46. The van der Waals surface area contributed by atoms with E-state index in [1.54, 1.807) is 11.0 Å². The number of carbonyl (C=O) groups excluding carboxylic acids is 3. The van der Waals surface area contributed by atoms with Gasteiger partial charge in [-0.25, -0.2) is 9.78 Å². The molecule has 0 radical (unpaired) electrons. The van der Waals surface area contributed by atoms with Gasteiger partial charge in [0.2, 0.25) is 5.91 Å². The first-order valence-electron chi connectivity index (χ1n) is 11.2. The first-order valence-corrected chi connectivity index (χ1v) is 12.1. The van der Waals surface area contributed by atoms with E-state index in [1.165, 1.54) is 29.3 Å². The molecule has 2 aromatic heterocycles. The predicted molar refractivity (Wildman–Crippen MR) is 131 cm³/mol. The van der Waals surface area contributed by atoms with E-state index in [-0.39, 0.29) is 28.2 Å². The van der Waals surface area contributed by atoms with Crippen LogP contribution in [0.1, 0.15) is 22.5 Å². The van der Waals surface area contributed by atoms with Gasteiger partial charge in [-0.1, -0.05) is 12.6 Å². The van der Waals surface area contributed by atoms with Crippen molar-refractivity contribution in [2.45, 2.75) is 25.2 Å². The number of piperidine rings is 1. The van der Waals surface area contributed by atoms with E-state index in [0.29, 0.717) is 35.4 Å². The highest BCUT2D eigenvalue weighted by Gasteiger charge is 2.35. The third kappa shape index (κ3) is 4.81. The Bertz CT molecular complexity index is 1420. The van der Waals surface area contributed by atoms with Gasteiger partial charge in [0.15, 0.2) is 0 Å². The number of benzene rings is 1. The van der Waals surface area contributed by atoms with Gasteiger partial charge in [0, 0.05) is 31.4 Å². The lowest BCUT2D eigenvalue weighted by atomic mass is 10.1. The van der Waals surface area contributed by atoms with Crippen LogP contribution in [0.25, 0.3) is 10.2 Å². The minimum atomic E-state index is -4.89. The second-order valence-corrected chi connectivity index (χ2v) is 9.43. The molecular weight excluding hydrogens is 511 g/mol. The Hall–Kier alpha value is -4.13. The summed E-state index contributed by atoms with van der Waals surface area (Å²) in [4.78, 5) is 46.2. The van der Waals surface area contributed by atoms with Gasteiger partial charge in [0.25, 0.3) is 5.91 Å². The zero-order valence-corrected chi connectivity index (χ0v) is 20.0. The number of carbonyl (C=O) groups is 3. The Morgan fingerprint density at radius 3 is 2.86 bits per heavy atom. The van der Waals surface area contributed by atoms with E-state index in [2.05, 4.69) is 26.9 Å². The number of urea groups is 1.